The van der Waals surface area contributed by atoms with Crippen LogP contribution in [-0.2, 0) is 14.6 Å². The Morgan fingerprint density at radius 3 is 2.21 bits per heavy atom. The molecule has 0 unspecified atom stereocenters. The molecule has 19 heavy (non-hydrogen) atoms. The maximum Gasteiger partial charge on any atom is 0.325 e. The summed E-state index contributed by atoms with van der Waals surface area (Å²) in [7, 11) is -8.00. The van der Waals surface area contributed by atoms with Crippen molar-refractivity contribution in [1.82, 2.24) is 0 Å². The highest BCUT2D eigenvalue weighted by atomic mass is 32.2. The van der Waals surface area contributed by atoms with Crippen LogP contribution in [0.5, 0.6) is 0 Å². The molecule has 1 rings (SSSR count). The molecule has 1 aromatic rings. The SMILES string of the molecule is O=P(O)(O)CCCCS(=O)(=O)N(O)c1ccccc1. The molecule has 0 heterocycles. The quantitative estimate of drug-likeness (QED) is 0.395. The fourth-order valence-corrected chi connectivity index (χ4v) is 3.23. The van der Waals surface area contributed by atoms with Crippen molar-refractivity contribution in [3.05, 3.63) is 30.3 Å². The van der Waals surface area contributed by atoms with Gasteiger partial charge in [0, 0.05) is 6.16 Å². The van der Waals surface area contributed by atoms with Crippen molar-refractivity contribution < 1.29 is 28.0 Å². The number of rotatable bonds is 7. The number of unbranched alkanes of at least 4 members (excludes halogenated alkanes) is 1. The first-order valence-corrected chi connectivity index (χ1v) is 8.94. The number of hydrogen-bond acceptors (Lipinski definition) is 4. The molecule has 3 N–H and O–H groups in total. The minimum Gasteiger partial charge on any atom is -0.324 e. The third-order valence-electron chi connectivity index (χ3n) is 2.34. The monoisotopic (exact) mass is 309 g/mol. The summed E-state index contributed by atoms with van der Waals surface area (Å²) in [5, 5.41) is 9.60. The Bertz CT molecular complexity index is 540. The van der Waals surface area contributed by atoms with Crippen LogP contribution in [0.25, 0.3) is 0 Å². The maximum absolute atomic E-state index is 11.7. The Balaban J connectivity index is 2.55. The van der Waals surface area contributed by atoms with Crippen LogP contribution in [0, 0.1) is 0 Å². The molecule has 108 valence electrons. The molecule has 7 nitrogen and oxygen atoms in total. The van der Waals surface area contributed by atoms with Gasteiger partial charge in [0.1, 0.15) is 0 Å². The minimum absolute atomic E-state index is 0.0668. The zero-order valence-corrected chi connectivity index (χ0v) is 11.8. The van der Waals surface area contributed by atoms with Gasteiger partial charge in [-0.15, -0.1) is 4.47 Å². The summed E-state index contributed by atoms with van der Waals surface area (Å²) >= 11 is 0. The van der Waals surface area contributed by atoms with Gasteiger partial charge in [0.2, 0.25) is 0 Å². The molecule has 0 radical (unpaired) electrons. The molecule has 0 fully saturated rings. The van der Waals surface area contributed by atoms with Crippen LogP contribution in [0.3, 0.4) is 0 Å². The van der Waals surface area contributed by atoms with E-state index in [1.54, 1.807) is 18.2 Å². The molecule has 0 amide bonds. The smallest absolute Gasteiger partial charge is 0.324 e. The molecule has 0 aliphatic carbocycles. The van der Waals surface area contributed by atoms with Crippen molar-refractivity contribution in [1.29, 1.82) is 0 Å². The van der Waals surface area contributed by atoms with Crippen molar-refractivity contribution in [2.24, 2.45) is 0 Å². The second kappa shape index (κ2) is 6.49. The first kappa shape index (κ1) is 16.1. The molecule has 0 spiro atoms. The summed E-state index contributed by atoms with van der Waals surface area (Å²) in [5.74, 6) is -0.377. The summed E-state index contributed by atoms with van der Waals surface area (Å²) in [6, 6.07) is 7.73. The van der Waals surface area contributed by atoms with Gasteiger partial charge in [0.05, 0.1) is 11.4 Å². The van der Waals surface area contributed by atoms with Crippen molar-refractivity contribution in [3.8, 4) is 0 Å². The lowest BCUT2D eigenvalue weighted by Crippen LogP contribution is -2.29. The van der Waals surface area contributed by atoms with Crippen molar-refractivity contribution in [2.75, 3.05) is 16.4 Å². The van der Waals surface area contributed by atoms with E-state index >= 15 is 0 Å². The Kier molecular flexibility index (Phi) is 5.51. The standard InChI is InChI=1S/C10H16NO6PS/c12-11(10-6-2-1-3-7-10)19(16,17)9-5-4-8-18(13,14)15/h1-3,6-7,12H,4-5,8-9H2,(H2,13,14,15). The first-order chi connectivity index (χ1) is 8.72. The van der Waals surface area contributed by atoms with Gasteiger partial charge in [-0.1, -0.05) is 18.2 Å². The Labute approximate surface area is 111 Å². The average Bonchev–Trinajstić information content (AvgIpc) is 2.34. The average molecular weight is 309 g/mol. The van der Waals surface area contributed by atoms with Crippen LogP contribution in [0.15, 0.2) is 30.3 Å². The minimum atomic E-state index is -4.10. The molecule has 1 aromatic carbocycles. The molecular formula is C10H16NO6PS. The van der Waals surface area contributed by atoms with Crippen molar-refractivity contribution in [3.63, 3.8) is 0 Å². The topological polar surface area (TPSA) is 115 Å². The zero-order valence-electron chi connectivity index (χ0n) is 10.1. The van der Waals surface area contributed by atoms with E-state index in [0.717, 1.165) is 0 Å². The van der Waals surface area contributed by atoms with Gasteiger partial charge >= 0.3 is 7.60 Å². The molecule has 9 heteroatoms. The number of para-hydroxylation sites is 1. The van der Waals surface area contributed by atoms with E-state index in [-0.39, 0.29) is 34.9 Å². The van der Waals surface area contributed by atoms with Crippen LogP contribution in [-0.4, -0.2) is 35.3 Å². The molecule has 0 aromatic heterocycles. The van der Waals surface area contributed by atoms with E-state index in [9.17, 15) is 18.2 Å². The lowest BCUT2D eigenvalue weighted by Gasteiger charge is -2.16. The molecule has 0 bridgehead atoms. The van der Waals surface area contributed by atoms with E-state index < -0.39 is 17.6 Å². The summed E-state index contributed by atoms with van der Waals surface area (Å²) in [5.41, 5.74) is 0.123. The van der Waals surface area contributed by atoms with Crippen LogP contribution in [0.4, 0.5) is 5.69 Å². The number of sulfonamides is 1. The number of benzene rings is 1. The summed E-state index contributed by atoms with van der Waals surface area (Å²) in [4.78, 5) is 17.3. The summed E-state index contributed by atoms with van der Waals surface area (Å²) in [6.45, 7) is 0. The Morgan fingerprint density at radius 1 is 1.11 bits per heavy atom. The maximum atomic E-state index is 11.7. The second-order valence-corrected chi connectivity index (χ2v) is 7.68. The van der Waals surface area contributed by atoms with Crippen molar-refractivity contribution in [2.45, 2.75) is 12.8 Å². The summed E-state index contributed by atoms with van der Waals surface area (Å²) < 4.78 is 34.3. The van der Waals surface area contributed by atoms with E-state index in [4.69, 9.17) is 9.79 Å². The third-order valence-corrected chi connectivity index (χ3v) is 4.78. The molecular weight excluding hydrogens is 293 g/mol. The highest BCUT2D eigenvalue weighted by Gasteiger charge is 2.21. The van der Waals surface area contributed by atoms with Crippen LogP contribution >= 0.6 is 7.60 Å². The molecule has 0 atom stereocenters. The second-order valence-electron chi connectivity index (χ2n) is 3.99. The van der Waals surface area contributed by atoms with Gasteiger partial charge in [-0.2, -0.15) is 0 Å². The third kappa shape index (κ3) is 5.71. The Hall–Kier alpha value is -0.920. The first-order valence-electron chi connectivity index (χ1n) is 5.54. The lowest BCUT2D eigenvalue weighted by atomic mass is 10.3. The van der Waals surface area contributed by atoms with Gasteiger partial charge < -0.3 is 9.79 Å². The number of hydrogen-bond donors (Lipinski definition) is 3. The van der Waals surface area contributed by atoms with E-state index in [1.807, 2.05) is 0 Å². The fraction of sp³-hybridized carbons (Fsp3) is 0.400. The van der Waals surface area contributed by atoms with Crippen molar-refractivity contribution >= 4 is 23.3 Å². The largest absolute Gasteiger partial charge is 0.325 e. The molecule has 0 saturated heterocycles. The highest BCUT2D eigenvalue weighted by Crippen LogP contribution is 2.35. The van der Waals surface area contributed by atoms with E-state index in [0.29, 0.717) is 0 Å². The Morgan fingerprint density at radius 2 is 1.68 bits per heavy atom. The summed E-state index contributed by atoms with van der Waals surface area (Å²) in [6.07, 6.45) is -0.219. The van der Waals surface area contributed by atoms with Gasteiger partial charge in [-0.25, -0.2) is 8.42 Å². The van der Waals surface area contributed by atoms with E-state index in [2.05, 4.69) is 0 Å². The van der Waals surface area contributed by atoms with Crippen LogP contribution < -0.4 is 4.47 Å². The van der Waals surface area contributed by atoms with Gasteiger partial charge in [0.25, 0.3) is 10.0 Å². The lowest BCUT2D eigenvalue weighted by molar-refractivity contribution is 0.316. The molecule has 0 aliphatic heterocycles. The van der Waals surface area contributed by atoms with E-state index in [1.165, 1.54) is 12.1 Å². The van der Waals surface area contributed by atoms with Crippen LogP contribution in [0.1, 0.15) is 12.8 Å². The predicted octanol–water partition coefficient (Wildman–Crippen LogP) is 1.17. The fourth-order valence-electron chi connectivity index (χ4n) is 1.40. The highest BCUT2D eigenvalue weighted by molar-refractivity contribution is 7.92. The van der Waals surface area contributed by atoms with Gasteiger partial charge in [0.15, 0.2) is 0 Å². The molecule has 0 aliphatic rings. The number of nitrogens with zero attached hydrogens (tertiary/aromatic N) is 1. The van der Waals surface area contributed by atoms with Gasteiger partial charge in [-0.05, 0) is 25.0 Å². The normalized spacial score (nSPS) is 12.4. The van der Waals surface area contributed by atoms with Gasteiger partial charge in [-0.3, -0.25) is 9.77 Å². The predicted molar refractivity (Wildman–Crippen MR) is 70.6 cm³/mol. The number of anilines is 1. The van der Waals surface area contributed by atoms with Crippen LogP contribution in [0.2, 0.25) is 0 Å². The molecule has 0 saturated carbocycles. The zero-order chi connectivity index (χ0) is 14.5.